The van der Waals surface area contributed by atoms with Crippen molar-refractivity contribution < 1.29 is 9.53 Å². The molecule has 0 aliphatic carbocycles. The first-order valence-electron chi connectivity index (χ1n) is 12.6. The Balaban J connectivity index is 1.65. The maximum atomic E-state index is 12.9. The standard InChI is InChI=1S/C29H36N6O2/c1-6-27-31-19-25(35(27)7-2)22-9-10-24(28-23(22)18-32-29(28)36)33-26(30-14-15-34(4)5)11-8-20(3)21-12-16-37-17-13-21/h6-11,19,21H,1-3,12-18H2,4-5H3,(H,30,33)(H,32,36)/b11-8-. The molecule has 194 valence electrons. The molecule has 0 spiro atoms. The van der Waals surface area contributed by atoms with Crippen LogP contribution in [-0.4, -0.2) is 66.6 Å². The number of aliphatic imine (C=N–C) groups is 1. The Kier molecular flexibility index (Phi) is 8.53. The van der Waals surface area contributed by atoms with Crippen LogP contribution in [0.2, 0.25) is 0 Å². The summed E-state index contributed by atoms with van der Waals surface area (Å²) in [5.41, 5.74) is 5.10. The van der Waals surface area contributed by atoms with Crippen LogP contribution in [-0.2, 0) is 11.3 Å². The van der Waals surface area contributed by atoms with Crippen molar-refractivity contribution in [3.05, 3.63) is 72.7 Å². The molecule has 1 fully saturated rings. The van der Waals surface area contributed by atoms with E-state index in [0.717, 1.165) is 55.0 Å². The quantitative estimate of drug-likeness (QED) is 0.286. The van der Waals surface area contributed by atoms with Crippen LogP contribution in [0.4, 0.5) is 5.69 Å². The van der Waals surface area contributed by atoms with Gasteiger partial charge in [0.25, 0.3) is 5.91 Å². The highest BCUT2D eigenvalue weighted by molar-refractivity contribution is 6.11. The van der Waals surface area contributed by atoms with Crippen LogP contribution in [0, 0.1) is 5.92 Å². The number of nitrogens with one attached hydrogen (secondary N) is 2. The van der Waals surface area contributed by atoms with Crippen molar-refractivity contribution in [1.82, 2.24) is 19.8 Å². The number of aromatic nitrogens is 2. The molecule has 2 N–H and O–H groups in total. The number of ether oxygens (including phenoxy) is 1. The third-order valence-electron chi connectivity index (χ3n) is 6.73. The normalized spacial score (nSPS) is 16.2. The van der Waals surface area contributed by atoms with Gasteiger partial charge in [0.1, 0.15) is 11.7 Å². The number of rotatable bonds is 10. The number of fused-ring (bicyclic) bond motifs is 1. The first kappa shape index (κ1) is 26.3. The third-order valence-corrected chi connectivity index (χ3v) is 6.73. The lowest BCUT2D eigenvalue weighted by Crippen LogP contribution is -2.20. The summed E-state index contributed by atoms with van der Waals surface area (Å²) in [6, 6.07) is 3.93. The lowest BCUT2D eigenvalue weighted by Gasteiger charge is -2.22. The van der Waals surface area contributed by atoms with Gasteiger partial charge < -0.3 is 24.8 Å². The number of allylic oxidation sites excluding steroid dienone is 2. The molecule has 2 aliphatic heterocycles. The predicted octanol–water partition coefficient (Wildman–Crippen LogP) is 4.45. The number of nitrogens with zero attached hydrogens (tertiary/aromatic N) is 4. The number of amides is 1. The molecule has 8 nitrogen and oxygen atoms in total. The minimum Gasteiger partial charge on any atom is -0.381 e. The fraction of sp³-hybridized carbons (Fsp3) is 0.345. The molecule has 2 aliphatic rings. The Hall–Kier alpha value is -3.75. The van der Waals surface area contributed by atoms with E-state index >= 15 is 0 Å². The molecule has 2 aromatic rings. The van der Waals surface area contributed by atoms with Gasteiger partial charge in [-0.05, 0) is 56.6 Å². The van der Waals surface area contributed by atoms with E-state index in [1.54, 1.807) is 18.5 Å². The monoisotopic (exact) mass is 500 g/mol. The van der Waals surface area contributed by atoms with Crippen molar-refractivity contribution in [3.8, 4) is 11.3 Å². The van der Waals surface area contributed by atoms with E-state index in [4.69, 9.17) is 9.73 Å². The highest BCUT2D eigenvalue weighted by Gasteiger charge is 2.27. The number of hydrogen-bond acceptors (Lipinski definition) is 5. The molecule has 1 aromatic carbocycles. The Morgan fingerprint density at radius 1 is 1.30 bits per heavy atom. The molecule has 8 heteroatoms. The van der Waals surface area contributed by atoms with E-state index in [9.17, 15) is 4.79 Å². The summed E-state index contributed by atoms with van der Waals surface area (Å²) in [6.07, 6.45) is 11.1. The number of benzene rings is 1. The van der Waals surface area contributed by atoms with E-state index in [0.29, 0.717) is 41.9 Å². The maximum absolute atomic E-state index is 12.9. The average Bonchev–Trinajstić information content (AvgIpc) is 3.51. The molecule has 4 rings (SSSR count). The number of amidine groups is 1. The van der Waals surface area contributed by atoms with Crippen LogP contribution < -0.4 is 10.6 Å². The van der Waals surface area contributed by atoms with Gasteiger partial charge in [0, 0.05) is 38.1 Å². The van der Waals surface area contributed by atoms with E-state index in [-0.39, 0.29) is 5.91 Å². The minimum absolute atomic E-state index is 0.115. The molecule has 1 aromatic heterocycles. The predicted molar refractivity (Wildman–Crippen MR) is 152 cm³/mol. The van der Waals surface area contributed by atoms with Crippen LogP contribution in [0.1, 0.15) is 34.6 Å². The smallest absolute Gasteiger partial charge is 0.254 e. The molecule has 37 heavy (non-hydrogen) atoms. The zero-order chi connectivity index (χ0) is 26.4. The fourth-order valence-corrected chi connectivity index (χ4v) is 4.64. The summed E-state index contributed by atoms with van der Waals surface area (Å²) in [4.78, 5) is 24.3. The van der Waals surface area contributed by atoms with Gasteiger partial charge in [0.2, 0.25) is 0 Å². The van der Waals surface area contributed by atoms with Crippen LogP contribution >= 0.6 is 0 Å². The second-order valence-corrected chi connectivity index (χ2v) is 9.45. The molecule has 0 bridgehead atoms. The van der Waals surface area contributed by atoms with Gasteiger partial charge in [-0.2, -0.15) is 0 Å². The first-order chi connectivity index (χ1) is 17.9. The van der Waals surface area contributed by atoms with Gasteiger partial charge in [-0.25, -0.2) is 4.98 Å². The third kappa shape index (κ3) is 5.98. The number of carbonyl (C=O) groups excluding carboxylic acids is 1. The molecule has 3 heterocycles. The van der Waals surface area contributed by atoms with Crippen molar-refractivity contribution in [1.29, 1.82) is 0 Å². The number of imidazole rings is 1. The van der Waals surface area contributed by atoms with Crippen molar-refractivity contribution in [2.45, 2.75) is 19.4 Å². The molecule has 1 amide bonds. The fourth-order valence-electron chi connectivity index (χ4n) is 4.64. The second-order valence-electron chi connectivity index (χ2n) is 9.45. The van der Waals surface area contributed by atoms with Crippen LogP contribution in [0.25, 0.3) is 23.5 Å². The lowest BCUT2D eigenvalue weighted by atomic mass is 9.92. The summed E-state index contributed by atoms with van der Waals surface area (Å²) in [5.74, 6) is 1.69. The Labute approximate surface area is 219 Å². The van der Waals surface area contributed by atoms with Gasteiger partial charge in [-0.3, -0.25) is 9.79 Å². The lowest BCUT2D eigenvalue weighted by molar-refractivity contribution is 0.0767. The van der Waals surface area contributed by atoms with Gasteiger partial charge >= 0.3 is 0 Å². The SMILES string of the molecule is C=Cc1ncc(-c2ccc(NC(/C=C\C(=C)C3CCOCC3)=NCCN(C)C)c3c2CNC3=O)n1C=C. The topological polar surface area (TPSA) is 83.8 Å². The molecule has 0 saturated carbocycles. The first-order valence-corrected chi connectivity index (χ1v) is 12.6. The Morgan fingerprint density at radius 2 is 2.08 bits per heavy atom. The zero-order valence-corrected chi connectivity index (χ0v) is 21.8. The van der Waals surface area contributed by atoms with Crippen LogP contribution in [0.15, 0.2) is 60.8 Å². The molecule has 0 atom stereocenters. The van der Waals surface area contributed by atoms with Gasteiger partial charge in [-0.15, -0.1) is 0 Å². The second kappa shape index (κ2) is 12.0. The van der Waals surface area contributed by atoms with Gasteiger partial charge in [0.15, 0.2) is 0 Å². The molecule has 0 unspecified atom stereocenters. The highest BCUT2D eigenvalue weighted by Crippen LogP contribution is 2.35. The van der Waals surface area contributed by atoms with Crippen LogP contribution in [0.3, 0.4) is 0 Å². The summed E-state index contributed by atoms with van der Waals surface area (Å²) in [6.45, 7) is 15.4. The van der Waals surface area contributed by atoms with E-state index in [1.807, 2.05) is 42.9 Å². The zero-order valence-electron chi connectivity index (χ0n) is 21.8. The number of likely N-dealkylation sites (N-methyl/N-ethyl adjacent to an activating group) is 1. The van der Waals surface area contributed by atoms with Gasteiger partial charge in [-0.1, -0.05) is 37.5 Å². The van der Waals surface area contributed by atoms with E-state index in [2.05, 4.69) is 40.3 Å². The minimum atomic E-state index is -0.115. The summed E-state index contributed by atoms with van der Waals surface area (Å²) < 4.78 is 7.36. The largest absolute Gasteiger partial charge is 0.381 e. The van der Waals surface area contributed by atoms with Crippen LogP contribution in [0.5, 0.6) is 0 Å². The highest BCUT2D eigenvalue weighted by atomic mass is 16.5. The molecule has 0 radical (unpaired) electrons. The van der Waals surface area contributed by atoms with Crippen molar-refractivity contribution in [3.63, 3.8) is 0 Å². The number of anilines is 1. The van der Waals surface area contributed by atoms with E-state index < -0.39 is 0 Å². The Bertz CT molecular complexity index is 1250. The Morgan fingerprint density at radius 3 is 2.78 bits per heavy atom. The number of hydrogen-bond donors (Lipinski definition) is 2. The van der Waals surface area contributed by atoms with Gasteiger partial charge in [0.05, 0.1) is 29.7 Å². The number of carbonyl (C=O) groups is 1. The average molecular weight is 501 g/mol. The maximum Gasteiger partial charge on any atom is 0.254 e. The molecule has 1 saturated heterocycles. The summed E-state index contributed by atoms with van der Waals surface area (Å²) >= 11 is 0. The summed E-state index contributed by atoms with van der Waals surface area (Å²) in [5, 5.41) is 6.40. The van der Waals surface area contributed by atoms with Crippen molar-refractivity contribution in [2.24, 2.45) is 10.9 Å². The van der Waals surface area contributed by atoms with E-state index in [1.165, 1.54) is 0 Å². The molecular formula is C29H36N6O2. The molecular weight excluding hydrogens is 464 g/mol. The van der Waals surface area contributed by atoms with Crippen molar-refractivity contribution in [2.75, 3.05) is 45.7 Å². The van der Waals surface area contributed by atoms with Crippen molar-refractivity contribution >= 4 is 29.7 Å². The summed E-state index contributed by atoms with van der Waals surface area (Å²) in [7, 11) is 4.04.